The highest BCUT2D eigenvalue weighted by Crippen LogP contribution is 2.38. The average Bonchev–Trinajstić information content (AvgIpc) is 3.47. The summed E-state index contributed by atoms with van der Waals surface area (Å²) in [5, 5.41) is 11.2. The van der Waals surface area contributed by atoms with Gasteiger partial charge in [0, 0.05) is 31.9 Å². The molecule has 0 atom stereocenters. The van der Waals surface area contributed by atoms with Crippen LogP contribution in [0.15, 0.2) is 37.0 Å². The predicted octanol–water partition coefficient (Wildman–Crippen LogP) is 4.47. The number of benzene rings is 2. The largest absolute Gasteiger partial charge is 0.388 e. The zero-order valence-electron chi connectivity index (χ0n) is 20.6. The number of nitriles is 1. The minimum absolute atomic E-state index is 0.206. The van der Waals surface area contributed by atoms with E-state index in [4.69, 9.17) is 11.7 Å². The molecular formula is C28H36FN5. The summed E-state index contributed by atoms with van der Waals surface area (Å²) >= 11 is 0. The molecule has 4 rings (SSSR count). The fourth-order valence-electron chi connectivity index (χ4n) is 4.51. The molecule has 5 nitrogen and oxygen atoms in total. The molecule has 2 aliphatic rings. The molecule has 0 fully saturated rings. The summed E-state index contributed by atoms with van der Waals surface area (Å²) in [7, 11) is 5.98. The number of rotatable bonds is 6. The molecule has 6 heteroatoms. The second-order valence-electron chi connectivity index (χ2n) is 8.61. The first-order valence-electron chi connectivity index (χ1n) is 11.6. The van der Waals surface area contributed by atoms with Gasteiger partial charge in [-0.15, -0.1) is 12.3 Å². The molecule has 0 aliphatic heterocycles. The molecule has 34 heavy (non-hydrogen) atoms. The van der Waals surface area contributed by atoms with E-state index in [1.54, 1.807) is 40.6 Å². The summed E-state index contributed by atoms with van der Waals surface area (Å²) in [6, 6.07) is 7.70. The zero-order valence-corrected chi connectivity index (χ0v) is 20.6. The van der Waals surface area contributed by atoms with Gasteiger partial charge in [0.15, 0.2) is 6.19 Å². The van der Waals surface area contributed by atoms with Crippen molar-refractivity contribution in [2.45, 2.75) is 51.5 Å². The molecule has 2 aliphatic carbocycles. The van der Waals surface area contributed by atoms with E-state index in [0.717, 1.165) is 12.1 Å². The van der Waals surface area contributed by atoms with Gasteiger partial charge in [-0.25, -0.2) is 9.82 Å². The van der Waals surface area contributed by atoms with Gasteiger partial charge in [0.25, 0.3) is 0 Å². The monoisotopic (exact) mass is 461 g/mol. The van der Waals surface area contributed by atoms with Crippen molar-refractivity contribution in [3.8, 4) is 18.5 Å². The molecule has 0 unspecified atom stereocenters. The number of aryl methyl sites for hydroxylation is 2. The Kier molecular flexibility index (Phi) is 11.0. The first-order chi connectivity index (χ1) is 16.4. The quantitative estimate of drug-likeness (QED) is 0.195. The lowest BCUT2D eigenvalue weighted by Crippen LogP contribution is -2.19. The van der Waals surface area contributed by atoms with E-state index >= 15 is 0 Å². The van der Waals surface area contributed by atoms with Crippen LogP contribution in [0, 0.1) is 29.6 Å². The van der Waals surface area contributed by atoms with Crippen LogP contribution >= 0.6 is 0 Å². The van der Waals surface area contributed by atoms with E-state index in [9.17, 15) is 4.39 Å². The van der Waals surface area contributed by atoms with Gasteiger partial charge in [-0.3, -0.25) is 0 Å². The number of nitrogens with zero attached hydrogens (tertiary/aromatic N) is 2. The van der Waals surface area contributed by atoms with Crippen LogP contribution in [0.1, 0.15) is 46.2 Å². The fourth-order valence-corrected chi connectivity index (χ4v) is 4.51. The smallest absolute Gasteiger partial charge is 0.197 e. The van der Waals surface area contributed by atoms with Crippen molar-refractivity contribution in [3.05, 3.63) is 76.2 Å². The molecule has 180 valence electrons. The van der Waals surface area contributed by atoms with Gasteiger partial charge >= 0.3 is 0 Å². The SMILES string of the molecule is C#CCc1ccc(CN(C)C)cc1F.C=CNNC#N.CNc1c2c(cc3c1CCC3)CCC2. The van der Waals surface area contributed by atoms with E-state index in [1.807, 2.05) is 25.1 Å². The molecule has 2 aromatic carbocycles. The summed E-state index contributed by atoms with van der Waals surface area (Å²) in [6.45, 7) is 4.02. The molecule has 2 aromatic rings. The number of nitrogens with one attached hydrogen (secondary N) is 3. The van der Waals surface area contributed by atoms with Crippen molar-refractivity contribution < 1.29 is 4.39 Å². The highest BCUT2D eigenvalue weighted by molar-refractivity contribution is 5.65. The maximum Gasteiger partial charge on any atom is 0.197 e. The molecule has 0 spiro atoms. The lowest BCUT2D eigenvalue weighted by molar-refractivity contribution is 0.401. The molecule has 3 N–H and O–H groups in total. The van der Waals surface area contributed by atoms with E-state index in [2.05, 4.69) is 41.8 Å². The summed E-state index contributed by atoms with van der Waals surface area (Å²) in [4.78, 5) is 2.00. The van der Waals surface area contributed by atoms with Crippen LogP contribution < -0.4 is 16.2 Å². The minimum Gasteiger partial charge on any atom is -0.388 e. The second kappa shape index (κ2) is 13.9. The van der Waals surface area contributed by atoms with E-state index in [1.165, 1.54) is 50.4 Å². The van der Waals surface area contributed by atoms with Gasteiger partial charge in [-0.05, 0) is 92.1 Å². The van der Waals surface area contributed by atoms with Gasteiger partial charge in [0.1, 0.15) is 5.82 Å². The van der Waals surface area contributed by atoms with Crippen molar-refractivity contribution in [2.24, 2.45) is 0 Å². The Bertz CT molecular complexity index is 1010. The summed E-state index contributed by atoms with van der Waals surface area (Å²) in [6.07, 6.45) is 16.4. The van der Waals surface area contributed by atoms with E-state index in [-0.39, 0.29) is 5.82 Å². The number of hydrogen-bond acceptors (Lipinski definition) is 5. The number of terminal acetylenes is 1. The highest BCUT2D eigenvalue weighted by Gasteiger charge is 2.22. The van der Waals surface area contributed by atoms with Crippen LogP contribution in [0.25, 0.3) is 0 Å². The summed E-state index contributed by atoms with van der Waals surface area (Å²) in [5.74, 6) is 2.23. The zero-order chi connectivity index (χ0) is 24.9. The number of halogens is 1. The Balaban J connectivity index is 0.000000196. The number of hydrogen-bond donors (Lipinski definition) is 3. The van der Waals surface area contributed by atoms with Crippen molar-refractivity contribution >= 4 is 5.69 Å². The number of hydrazine groups is 1. The molecular weight excluding hydrogens is 425 g/mol. The Labute approximate surface area is 204 Å². The third-order valence-corrected chi connectivity index (χ3v) is 5.86. The second-order valence-corrected chi connectivity index (χ2v) is 8.61. The van der Waals surface area contributed by atoms with Crippen molar-refractivity contribution in [1.29, 1.82) is 5.26 Å². The van der Waals surface area contributed by atoms with Crippen LogP contribution in [0.2, 0.25) is 0 Å². The summed E-state index contributed by atoms with van der Waals surface area (Å²) < 4.78 is 13.4. The van der Waals surface area contributed by atoms with Crippen molar-refractivity contribution in [3.63, 3.8) is 0 Å². The maximum absolute atomic E-state index is 13.4. The fraction of sp³-hybridized carbons (Fsp3) is 0.393. The molecule has 0 amide bonds. The Morgan fingerprint density at radius 3 is 2.21 bits per heavy atom. The van der Waals surface area contributed by atoms with Crippen molar-refractivity contribution in [2.75, 3.05) is 26.5 Å². The Morgan fingerprint density at radius 2 is 1.76 bits per heavy atom. The van der Waals surface area contributed by atoms with Crippen LogP contribution in [0.5, 0.6) is 0 Å². The first-order valence-corrected chi connectivity index (χ1v) is 11.6. The first kappa shape index (κ1) is 26.8. The lowest BCUT2D eigenvalue weighted by Gasteiger charge is -2.14. The average molecular weight is 462 g/mol. The standard InChI is InChI=1S/C13H17N.C12H14FN.C3H5N3/c1-14-13-11-6-2-4-9(11)8-10-5-3-7-12(10)13;1-4-5-11-7-6-10(8-12(11)13)9-14(2)3;1-2-5-6-3-4/h8,14H,2-7H2,1H3;1,6-8H,5,9H2,2-3H3;2,5-6H,1H2. The molecule has 0 heterocycles. The van der Waals surface area contributed by atoms with E-state index < -0.39 is 0 Å². The Hall–Kier alpha value is -3.48. The Morgan fingerprint density at radius 1 is 1.12 bits per heavy atom. The topological polar surface area (TPSA) is 63.1 Å². The van der Waals surface area contributed by atoms with Crippen LogP contribution in [-0.2, 0) is 38.6 Å². The maximum atomic E-state index is 13.4. The number of fused-ring (bicyclic) bond motifs is 2. The summed E-state index contributed by atoms with van der Waals surface area (Å²) in [5.41, 5.74) is 14.0. The van der Waals surface area contributed by atoms with Gasteiger partial charge < -0.3 is 15.6 Å². The predicted molar refractivity (Wildman–Crippen MR) is 138 cm³/mol. The lowest BCUT2D eigenvalue weighted by atomic mass is 9.99. The minimum atomic E-state index is -0.206. The van der Waals surface area contributed by atoms with E-state index in [0.29, 0.717) is 12.0 Å². The van der Waals surface area contributed by atoms with Crippen LogP contribution in [0.4, 0.5) is 10.1 Å². The highest BCUT2D eigenvalue weighted by atomic mass is 19.1. The third kappa shape index (κ3) is 7.54. The van der Waals surface area contributed by atoms with Gasteiger partial charge in [-0.2, -0.15) is 5.26 Å². The molecule has 0 aromatic heterocycles. The van der Waals surface area contributed by atoms with Gasteiger partial charge in [0.2, 0.25) is 0 Å². The molecule has 0 radical (unpaired) electrons. The number of anilines is 1. The van der Waals surface area contributed by atoms with Gasteiger partial charge in [0.05, 0.1) is 0 Å². The molecule has 0 bridgehead atoms. The van der Waals surface area contributed by atoms with Crippen LogP contribution in [-0.4, -0.2) is 26.0 Å². The third-order valence-electron chi connectivity index (χ3n) is 5.86. The van der Waals surface area contributed by atoms with Crippen LogP contribution in [0.3, 0.4) is 0 Å². The molecule has 0 saturated heterocycles. The van der Waals surface area contributed by atoms with Crippen molar-refractivity contribution in [1.82, 2.24) is 15.8 Å². The van der Waals surface area contributed by atoms with Gasteiger partial charge in [-0.1, -0.05) is 24.8 Å². The normalized spacial score (nSPS) is 12.6. The molecule has 0 saturated carbocycles.